The molecule has 0 radical (unpaired) electrons. The molecule has 2 aromatic carbocycles. The van der Waals surface area contributed by atoms with Crippen LogP contribution in [0.1, 0.15) is 5.56 Å². The van der Waals surface area contributed by atoms with Crippen molar-refractivity contribution < 1.29 is 0 Å². The Morgan fingerprint density at radius 1 is 0.792 bits per heavy atom. The molecule has 122 valence electrons. The molecule has 0 unspecified atom stereocenters. The van der Waals surface area contributed by atoms with E-state index in [1.807, 2.05) is 44.4 Å². The van der Waals surface area contributed by atoms with Gasteiger partial charge in [-0.15, -0.1) is 0 Å². The van der Waals surface area contributed by atoms with Gasteiger partial charge in [0.1, 0.15) is 18.0 Å². The van der Waals surface area contributed by atoms with Gasteiger partial charge in [-0.05, 0) is 48.9 Å². The van der Waals surface area contributed by atoms with Gasteiger partial charge in [0.15, 0.2) is 0 Å². The minimum atomic E-state index is 0.748. The molecule has 1 aromatic heterocycles. The second kappa shape index (κ2) is 7.00. The van der Waals surface area contributed by atoms with Crippen LogP contribution in [0.4, 0.5) is 28.7 Å². The molecular weight excluding hydrogens is 298 g/mol. The van der Waals surface area contributed by atoms with Crippen molar-refractivity contribution in [1.29, 1.82) is 0 Å². The summed E-state index contributed by atoms with van der Waals surface area (Å²) in [5, 5.41) is 6.60. The molecule has 3 aromatic rings. The van der Waals surface area contributed by atoms with Crippen LogP contribution in [0.2, 0.25) is 0 Å². The number of aryl methyl sites for hydroxylation is 1. The first kappa shape index (κ1) is 15.8. The van der Waals surface area contributed by atoms with Crippen molar-refractivity contribution in [2.75, 3.05) is 29.6 Å². The predicted molar refractivity (Wildman–Crippen MR) is 101 cm³/mol. The normalized spacial score (nSPS) is 10.3. The van der Waals surface area contributed by atoms with Gasteiger partial charge < -0.3 is 15.5 Å². The van der Waals surface area contributed by atoms with E-state index in [-0.39, 0.29) is 0 Å². The number of hydrogen-bond donors (Lipinski definition) is 2. The lowest BCUT2D eigenvalue weighted by Gasteiger charge is -2.13. The fourth-order valence-corrected chi connectivity index (χ4v) is 2.36. The lowest BCUT2D eigenvalue weighted by molar-refractivity contribution is 1.13. The summed E-state index contributed by atoms with van der Waals surface area (Å²) in [6.45, 7) is 2.07. The van der Waals surface area contributed by atoms with Gasteiger partial charge in [-0.1, -0.05) is 12.1 Å². The fraction of sp³-hybridized carbons (Fsp3) is 0.158. The summed E-state index contributed by atoms with van der Waals surface area (Å²) in [6, 6.07) is 18.3. The van der Waals surface area contributed by atoms with Gasteiger partial charge in [0.25, 0.3) is 0 Å². The lowest BCUT2D eigenvalue weighted by atomic mass is 10.2. The van der Waals surface area contributed by atoms with Crippen molar-refractivity contribution in [3.8, 4) is 0 Å². The fourth-order valence-electron chi connectivity index (χ4n) is 2.36. The highest BCUT2D eigenvalue weighted by Crippen LogP contribution is 2.21. The Morgan fingerprint density at radius 3 is 2.08 bits per heavy atom. The Hall–Kier alpha value is -3.08. The summed E-state index contributed by atoms with van der Waals surface area (Å²) in [4.78, 5) is 10.6. The molecular formula is C19H21N5. The van der Waals surface area contributed by atoms with E-state index in [9.17, 15) is 0 Å². The van der Waals surface area contributed by atoms with Crippen LogP contribution < -0.4 is 15.5 Å². The molecule has 3 rings (SSSR count). The van der Waals surface area contributed by atoms with Gasteiger partial charge in [0.05, 0.1) is 0 Å². The zero-order valence-corrected chi connectivity index (χ0v) is 14.1. The maximum Gasteiger partial charge on any atom is 0.135 e. The summed E-state index contributed by atoms with van der Waals surface area (Å²) >= 11 is 0. The van der Waals surface area contributed by atoms with E-state index in [1.165, 1.54) is 5.56 Å². The third-order valence-electron chi connectivity index (χ3n) is 3.61. The highest BCUT2D eigenvalue weighted by molar-refractivity contribution is 5.64. The molecule has 0 aliphatic carbocycles. The molecule has 1 heterocycles. The van der Waals surface area contributed by atoms with Gasteiger partial charge in [-0.2, -0.15) is 0 Å². The molecule has 24 heavy (non-hydrogen) atoms. The first-order chi connectivity index (χ1) is 11.6. The first-order valence-corrected chi connectivity index (χ1v) is 7.80. The van der Waals surface area contributed by atoms with E-state index in [2.05, 4.69) is 56.7 Å². The molecule has 0 aliphatic rings. The molecule has 0 amide bonds. The SMILES string of the molecule is Cc1cccc(Nc2cc(Nc3ccc(N(C)C)cc3)ncn2)c1. The van der Waals surface area contributed by atoms with Crippen molar-refractivity contribution in [2.24, 2.45) is 0 Å². The standard InChI is InChI=1S/C19H21N5/c1-14-5-4-6-16(11-14)23-19-12-18(20-13-21-19)22-15-7-9-17(10-8-15)24(2)3/h4-13H,1-3H3,(H2,20,21,22,23). The second-order valence-electron chi connectivity index (χ2n) is 5.85. The predicted octanol–water partition coefficient (Wildman–Crippen LogP) is 4.34. The number of nitrogens with one attached hydrogen (secondary N) is 2. The van der Waals surface area contributed by atoms with Gasteiger partial charge >= 0.3 is 0 Å². The summed E-state index contributed by atoms with van der Waals surface area (Å²) < 4.78 is 0. The third kappa shape index (κ3) is 4.01. The zero-order chi connectivity index (χ0) is 16.9. The van der Waals surface area contributed by atoms with Crippen LogP contribution in [0.3, 0.4) is 0 Å². The summed E-state index contributed by atoms with van der Waals surface area (Å²) in [5.74, 6) is 1.50. The number of benzene rings is 2. The number of nitrogens with zero attached hydrogens (tertiary/aromatic N) is 3. The largest absolute Gasteiger partial charge is 0.378 e. The highest BCUT2D eigenvalue weighted by atomic mass is 15.1. The molecule has 0 saturated carbocycles. The van der Waals surface area contributed by atoms with Crippen molar-refractivity contribution in [2.45, 2.75) is 6.92 Å². The van der Waals surface area contributed by atoms with Gasteiger partial charge in [-0.25, -0.2) is 9.97 Å². The van der Waals surface area contributed by atoms with Crippen LogP contribution in [0, 0.1) is 6.92 Å². The molecule has 2 N–H and O–H groups in total. The minimum Gasteiger partial charge on any atom is -0.378 e. The molecule has 0 bridgehead atoms. The van der Waals surface area contributed by atoms with Crippen LogP contribution in [-0.2, 0) is 0 Å². The number of hydrogen-bond acceptors (Lipinski definition) is 5. The minimum absolute atomic E-state index is 0.748. The van der Waals surface area contributed by atoms with Gasteiger partial charge in [0.2, 0.25) is 0 Å². The van der Waals surface area contributed by atoms with E-state index in [0.717, 1.165) is 28.7 Å². The summed E-state index contributed by atoms with van der Waals surface area (Å²) in [7, 11) is 4.05. The van der Waals surface area contributed by atoms with Gasteiger partial charge in [-0.3, -0.25) is 0 Å². The molecule has 0 saturated heterocycles. The zero-order valence-electron chi connectivity index (χ0n) is 14.1. The Labute approximate surface area is 142 Å². The van der Waals surface area contributed by atoms with Crippen molar-refractivity contribution in [3.05, 3.63) is 66.5 Å². The maximum absolute atomic E-state index is 4.28. The Kier molecular flexibility index (Phi) is 4.61. The number of anilines is 5. The molecule has 0 aliphatic heterocycles. The average molecular weight is 319 g/mol. The molecule has 0 atom stereocenters. The lowest BCUT2D eigenvalue weighted by Crippen LogP contribution is -2.08. The van der Waals surface area contributed by atoms with Gasteiger partial charge in [0, 0.05) is 37.2 Å². The molecule has 5 heteroatoms. The molecule has 0 fully saturated rings. The second-order valence-corrected chi connectivity index (χ2v) is 5.85. The van der Waals surface area contributed by atoms with E-state index in [4.69, 9.17) is 0 Å². The topological polar surface area (TPSA) is 53.1 Å². The van der Waals surface area contributed by atoms with E-state index in [0.29, 0.717) is 0 Å². The van der Waals surface area contributed by atoms with Crippen LogP contribution in [0.15, 0.2) is 60.9 Å². The molecule has 5 nitrogen and oxygen atoms in total. The monoisotopic (exact) mass is 319 g/mol. The Bertz CT molecular complexity index is 812. The van der Waals surface area contributed by atoms with E-state index >= 15 is 0 Å². The average Bonchev–Trinajstić information content (AvgIpc) is 2.56. The molecule has 0 spiro atoms. The number of aromatic nitrogens is 2. The first-order valence-electron chi connectivity index (χ1n) is 7.80. The summed E-state index contributed by atoms with van der Waals surface area (Å²) in [6.07, 6.45) is 1.55. The van der Waals surface area contributed by atoms with Crippen LogP contribution >= 0.6 is 0 Å². The Balaban J connectivity index is 1.73. The van der Waals surface area contributed by atoms with E-state index < -0.39 is 0 Å². The third-order valence-corrected chi connectivity index (χ3v) is 3.61. The Morgan fingerprint density at radius 2 is 1.46 bits per heavy atom. The van der Waals surface area contributed by atoms with E-state index in [1.54, 1.807) is 6.33 Å². The van der Waals surface area contributed by atoms with Crippen LogP contribution in [0.25, 0.3) is 0 Å². The summed E-state index contributed by atoms with van der Waals surface area (Å²) in [5.41, 5.74) is 4.36. The van der Waals surface area contributed by atoms with Crippen LogP contribution in [-0.4, -0.2) is 24.1 Å². The van der Waals surface area contributed by atoms with Crippen molar-refractivity contribution >= 4 is 28.7 Å². The quantitative estimate of drug-likeness (QED) is 0.733. The smallest absolute Gasteiger partial charge is 0.135 e. The van der Waals surface area contributed by atoms with Crippen molar-refractivity contribution in [1.82, 2.24) is 9.97 Å². The number of rotatable bonds is 5. The van der Waals surface area contributed by atoms with Crippen LogP contribution in [0.5, 0.6) is 0 Å². The maximum atomic E-state index is 4.28. The van der Waals surface area contributed by atoms with Crippen molar-refractivity contribution in [3.63, 3.8) is 0 Å². The highest BCUT2D eigenvalue weighted by Gasteiger charge is 2.02.